The number of nitrogens with zero attached hydrogens (tertiary/aromatic N) is 2. The van der Waals surface area contributed by atoms with Crippen molar-refractivity contribution in [2.45, 2.75) is 45.8 Å². The molecule has 4 N–H and O–H groups in total. The van der Waals surface area contributed by atoms with Gasteiger partial charge in [-0.15, -0.1) is 0 Å². The smallest absolute Gasteiger partial charge is 0.430 e. The second-order valence-electron chi connectivity index (χ2n) is 8.22. The molecule has 2 aromatic carbocycles. The molecule has 0 aromatic heterocycles. The first-order valence-corrected chi connectivity index (χ1v) is 10.8. The van der Waals surface area contributed by atoms with E-state index in [1.54, 1.807) is 45.9 Å². The molecule has 0 saturated carbocycles. The number of benzene rings is 2. The number of nitrogens with one attached hydrogen (secondary N) is 2. The van der Waals surface area contributed by atoms with Gasteiger partial charge in [0.2, 0.25) is 0 Å². The summed E-state index contributed by atoms with van der Waals surface area (Å²) in [7, 11) is 0. The van der Waals surface area contributed by atoms with Gasteiger partial charge in [0.15, 0.2) is 6.04 Å². The normalized spacial score (nSPS) is 12.0. The fraction of sp³-hybridized carbons (Fsp3) is 0.333. The van der Waals surface area contributed by atoms with Crippen LogP contribution in [0.3, 0.4) is 0 Å². The molecule has 1 atom stereocenters. The van der Waals surface area contributed by atoms with Crippen LogP contribution in [0.1, 0.15) is 43.6 Å². The molecule has 0 aliphatic carbocycles. The Kier molecular flexibility index (Phi) is 9.57. The molecule has 0 aliphatic heterocycles. The molecule has 2 rings (SSSR count). The number of carbonyl (C=O) groups is 3. The van der Waals surface area contributed by atoms with Crippen molar-refractivity contribution in [3.05, 3.63) is 65.7 Å². The number of aliphatic imine (C=N–C) groups is 1. The van der Waals surface area contributed by atoms with Gasteiger partial charge in [0.1, 0.15) is 11.9 Å². The summed E-state index contributed by atoms with van der Waals surface area (Å²) in [6.45, 7) is 6.84. The molecule has 0 saturated heterocycles. The summed E-state index contributed by atoms with van der Waals surface area (Å²) < 4.78 is 10.7. The summed E-state index contributed by atoms with van der Waals surface area (Å²) in [5.41, 5.74) is 5.39. The number of carbonyl (C=O) groups excluding carboxylic acids is 3. The van der Waals surface area contributed by atoms with Crippen molar-refractivity contribution in [2.24, 2.45) is 10.8 Å². The van der Waals surface area contributed by atoms with Crippen molar-refractivity contribution in [1.29, 1.82) is 0 Å². The first kappa shape index (κ1) is 26.3. The minimum absolute atomic E-state index is 0.103. The van der Waals surface area contributed by atoms with Gasteiger partial charge in [-0.1, -0.05) is 36.4 Å². The van der Waals surface area contributed by atoms with Gasteiger partial charge in [0.05, 0.1) is 12.3 Å². The molecule has 2 aromatic rings. The lowest BCUT2D eigenvalue weighted by Gasteiger charge is -2.32. The van der Waals surface area contributed by atoms with E-state index in [1.165, 1.54) is 12.4 Å². The predicted octanol–water partition coefficient (Wildman–Crippen LogP) is 2.87. The number of rotatable bonds is 8. The van der Waals surface area contributed by atoms with Crippen LogP contribution in [0.15, 0.2) is 59.6 Å². The Morgan fingerprint density at radius 1 is 1.12 bits per heavy atom. The zero-order valence-electron chi connectivity index (χ0n) is 19.8. The Bertz CT molecular complexity index is 1000. The van der Waals surface area contributed by atoms with E-state index in [4.69, 9.17) is 15.3 Å². The molecule has 10 nitrogen and oxygen atoms in total. The number of nitrogens with two attached hydrogens (primary N) is 1. The van der Waals surface area contributed by atoms with Gasteiger partial charge in [-0.3, -0.25) is 10.2 Å². The molecule has 0 spiro atoms. The second kappa shape index (κ2) is 12.4. The van der Waals surface area contributed by atoms with Crippen LogP contribution in [-0.4, -0.2) is 47.6 Å². The third-order valence-electron chi connectivity index (χ3n) is 4.35. The van der Waals surface area contributed by atoms with Gasteiger partial charge < -0.3 is 14.9 Å². The number of hydrazine groups is 2. The molecule has 182 valence electrons. The fourth-order valence-electron chi connectivity index (χ4n) is 2.93. The standard InChI is InChI=1S/C24H31N5O5/c1-5-33-22(31)20(14-17-10-7-6-8-11-17)29(23(32)34-24(2,3)4)28-21(30)18-12-9-13-19(15-18)26-16-27-25/h6-13,15-16,20H,5,14,25H2,1-4H3,(H,26,27)(H,28,30)/t20-/m0/s1. The number of esters is 1. The first-order chi connectivity index (χ1) is 16.1. The van der Waals surface area contributed by atoms with Crippen LogP contribution >= 0.6 is 0 Å². The topological polar surface area (TPSA) is 135 Å². The van der Waals surface area contributed by atoms with Gasteiger partial charge in [-0.25, -0.2) is 25.4 Å². The van der Waals surface area contributed by atoms with Gasteiger partial charge in [-0.2, -0.15) is 0 Å². The molecule has 0 heterocycles. The van der Waals surface area contributed by atoms with E-state index in [9.17, 15) is 14.4 Å². The minimum Gasteiger partial charge on any atom is -0.464 e. The predicted molar refractivity (Wildman–Crippen MR) is 128 cm³/mol. The monoisotopic (exact) mass is 469 g/mol. The van der Waals surface area contributed by atoms with Gasteiger partial charge in [0, 0.05) is 12.0 Å². The molecule has 10 heteroatoms. The fourth-order valence-corrected chi connectivity index (χ4v) is 2.93. The Labute approximate surface area is 199 Å². The van der Waals surface area contributed by atoms with E-state index < -0.39 is 29.6 Å². The third kappa shape index (κ3) is 8.21. The van der Waals surface area contributed by atoms with E-state index >= 15 is 0 Å². The average molecular weight is 470 g/mol. The van der Waals surface area contributed by atoms with Gasteiger partial charge >= 0.3 is 12.1 Å². The number of hydrogen-bond acceptors (Lipinski definition) is 7. The lowest BCUT2D eigenvalue weighted by molar-refractivity contribution is -0.150. The summed E-state index contributed by atoms with van der Waals surface area (Å²) in [5.74, 6) is 3.88. The van der Waals surface area contributed by atoms with E-state index in [2.05, 4.69) is 15.8 Å². The highest BCUT2D eigenvalue weighted by molar-refractivity contribution is 5.96. The van der Waals surface area contributed by atoms with Crippen LogP contribution in [0, 0.1) is 0 Å². The van der Waals surface area contributed by atoms with Crippen LogP contribution in [-0.2, 0) is 20.7 Å². The molecule has 0 fully saturated rings. The van der Waals surface area contributed by atoms with Crippen molar-refractivity contribution < 1.29 is 23.9 Å². The summed E-state index contributed by atoms with van der Waals surface area (Å²) in [4.78, 5) is 43.1. The molecule has 2 amide bonds. The minimum atomic E-state index is -1.16. The SMILES string of the molecule is CCOC(=O)[C@H](Cc1ccccc1)N(NC(=O)c1cccc(N=CNN)c1)C(=O)OC(C)(C)C. The molecule has 0 radical (unpaired) electrons. The quantitative estimate of drug-likeness (QED) is 0.178. The summed E-state index contributed by atoms with van der Waals surface area (Å²) in [5, 5.41) is 0.885. The maximum Gasteiger partial charge on any atom is 0.430 e. The molecular weight excluding hydrogens is 438 g/mol. The first-order valence-electron chi connectivity index (χ1n) is 10.8. The maximum atomic E-state index is 13.1. The second-order valence-corrected chi connectivity index (χ2v) is 8.22. The van der Waals surface area contributed by atoms with Gasteiger partial charge in [0.25, 0.3) is 5.91 Å². The summed E-state index contributed by atoms with van der Waals surface area (Å²) in [6, 6.07) is 14.3. The van der Waals surface area contributed by atoms with E-state index in [1.807, 2.05) is 30.3 Å². The Morgan fingerprint density at radius 3 is 2.44 bits per heavy atom. The van der Waals surface area contributed by atoms with Gasteiger partial charge in [-0.05, 0) is 51.5 Å². The van der Waals surface area contributed by atoms with Crippen LogP contribution in [0.4, 0.5) is 10.5 Å². The van der Waals surface area contributed by atoms with Crippen molar-refractivity contribution in [3.63, 3.8) is 0 Å². The summed E-state index contributed by atoms with van der Waals surface area (Å²) >= 11 is 0. The van der Waals surface area contributed by atoms with Crippen LogP contribution in [0.5, 0.6) is 0 Å². The Hall–Kier alpha value is -3.92. The zero-order valence-corrected chi connectivity index (χ0v) is 19.8. The average Bonchev–Trinajstić information content (AvgIpc) is 2.79. The number of hydrogen-bond donors (Lipinski definition) is 3. The van der Waals surface area contributed by atoms with E-state index in [-0.39, 0.29) is 18.6 Å². The Balaban J connectivity index is 2.41. The van der Waals surface area contributed by atoms with Crippen LogP contribution in [0.25, 0.3) is 0 Å². The largest absolute Gasteiger partial charge is 0.464 e. The lowest BCUT2D eigenvalue weighted by atomic mass is 10.1. The molecular formula is C24H31N5O5. The highest BCUT2D eigenvalue weighted by Crippen LogP contribution is 2.17. The molecule has 34 heavy (non-hydrogen) atoms. The summed E-state index contributed by atoms with van der Waals surface area (Å²) in [6.07, 6.45) is 0.475. The maximum absolute atomic E-state index is 13.1. The third-order valence-corrected chi connectivity index (χ3v) is 4.35. The highest BCUT2D eigenvalue weighted by Gasteiger charge is 2.36. The molecule has 0 unspecified atom stereocenters. The lowest BCUT2D eigenvalue weighted by Crippen LogP contribution is -2.57. The van der Waals surface area contributed by atoms with E-state index in [0.29, 0.717) is 5.69 Å². The highest BCUT2D eigenvalue weighted by atomic mass is 16.6. The Morgan fingerprint density at radius 2 is 1.82 bits per heavy atom. The number of amides is 2. The molecule has 0 aliphatic rings. The van der Waals surface area contributed by atoms with Crippen LogP contribution in [0.2, 0.25) is 0 Å². The van der Waals surface area contributed by atoms with Crippen molar-refractivity contribution in [2.75, 3.05) is 6.61 Å². The van der Waals surface area contributed by atoms with E-state index in [0.717, 1.165) is 10.6 Å². The van der Waals surface area contributed by atoms with Crippen molar-refractivity contribution in [1.82, 2.24) is 15.9 Å². The zero-order chi connectivity index (χ0) is 25.1. The van der Waals surface area contributed by atoms with Crippen molar-refractivity contribution >= 4 is 30.0 Å². The van der Waals surface area contributed by atoms with Crippen molar-refractivity contribution in [3.8, 4) is 0 Å². The number of ether oxygens (including phenoxy) is 2. The molecule has 0 bridgehead atoms. The van der Waals surface area contributed by atoms with Crippen LogP contribution < -0.4 is 16.7 Å².